The second-order valence-corrected chi connectivity index (χ2v) is 4.75. The second kappa shape index (κ2) is 5.31. The van der Waals surface area contributed by atoms with Gasteiger partial charge in [0, 0.05) is 31.9 Å². The lowest BCUT2D eigenvalue weighted by atomic mass is 10.00. The number of nitrogens with one attached hydrogen (secondary N) is 2. The number of piperidine rings is 1. The fourth-order valence-corrected chi connectivity index (χ4v) is 2.30. The molecule has 0 aliphatic carbocycles. The Hall–Kier alpha value is -1.36. The van der Waals surface area contributed by atoms with Crippen LogP contribution in [0.3, 0.4) is 0 Å². The van der Waals surface area contributed by atoms with Crippen LogP contribution >= 0.6 is 0 Å². The summed E-state index contributed by atoms with van der Waals surface area (Å²) in [5, 5.41) is 10.4. The maximum atomic E-state index is 11.9. The molecule has 0 spiro atoms. The van der Waals surface area contributed by atoms with Crippen LogP contribution in [0, 0.1) is 0 Å². The van der Waals surface area contributed by atoms with Crippen LogP contribution < -0.4 is 10.6 Å². The molecule has 5 heteroatoms. The Morgan fingerprint density at radius 3 is 3.12 bits per heavy atom. The van der Waals surface area contributed by atoms with Crippen molar-refractivity contribution in [1.29, 1.82) is 0 Å². The Morgan fingerprint density at radius 2 is 2.47 bits per heavy atom. The lowest BCUT2D eigenvalue weighted by molar-refractivity contribution is 0.0937. The van der Waals surface area contributed by atoms with Crippen LogP contribution in [0.2, 0.25) is 0 Å². The van der Waals surface area contributed by atoms with E-state index in [1.807, 2.05) is 0 Å². The van der Waals surface area contributed by atoms with Crippen LogP contribution in [-0.2, 0) is 7.05 Å². The normalized spacial score (nSPS) is 24.6. The van der Waals surface area contributed by atoms with Crippen molar-refractivity contribution in [1.82, 2.24) is 20.4 Å². The molecule has 1 aromatic rings. The standard InChI is InChI=1S/C12H20N4O/c1-9-4-3-5-10(15-9)8-13-12(17)11-6-7-14-16(11)2/h6-7,9-10,15H,3-5,8H2,1-2H3,(H,13,17). The summed E-state index contributed by atoms with van der Waals surface area (Å²) in [4.78, 5) is 11.9. The Morgan fingerprint density at radius 1 is 1.65 bits per heavy atom. The summed E-state index contributed by atoms with van der Waals surface area (Å²) in [5.74, 6) is -0.0509. The highest BCUT2D eigenvalue weighted by molar-refractivity contribution is 5.92. The largest absolute Gasteiger partial charge is 0.349 e. The number of hydrogen-bond acceptors (Lipinski definition) is 3. The van der Waals surface area contributed by atoms with Crippen LogP contribution in [0.15, 0.2) is 12.3 Å². The molecule has 1 aliphatic rings. The third-order valence-electron chi connectivity index (χ3n) is 3.27. The number of hydrogen-bond donors (Lipinski definition) is 2. The molecule has 2 heterocycles. The van der Waals surface area contributed by atoms with E-state index in [4.69, 9.17) is 0 Å². The van der Waals surface area contributed by atoms with Crippen molar-refractivity contribution in [2.75, 3.05) is 6.54 Å². The molecule has 0 saturated carbocycles. The third-order valence-corrected chi connectivity index (χ3v) is 3.27. The van der Waals surface area contributed by atoms with Gasteiger partial charge < -0.3 is 10.6 Å². The second-order valence-electron chi connectivity index (χ2n) is 4.75. The zero-order valence-corrected chi connectivity index (χ0v) is 10.4. The minimum Gasteiger partial charge on any atom is -0.349 e. The van der Waals surface area contributed by atoms with Gasteiger partial charge in [0.25, 0.3) is 5.91 Å². The Kier molecular flexibility index (Phi) is 3.78. The monoisotopic (exact) mass is 236 g/mol. The summed E-state index contributed by atoms with van der Waals surface area (Å²) in [5.41, 5.74) is 0.605. The van der Waals surface area contributed by atoms with E-state index in [9.17, 15) is 4.79 Å². The first-order chi connectivity index (χ1) is 8.16. The average molecular weight is 236 g/mol. The molecule has 2 atom stereocenters. The molecule has 1 saturated heterocycles. The van der Waals surface area contributed by atoms with Gasteiger partial charge in [0.05, 0.1) is 0 Å². The van der Waals surface area contributed by atoms with Gasteiger partial charge in [-0.15, -0.1) is 0 Å². The maximum Gasteiger partial charge on any atom is 0.269 e. The summed E-state index contributed by atoms with van der Waals surface area (Å²) < 4.78 is 1.59. The van der Waals surface area contributed by atoms with Gasteiger partial charge in [-0.05, 0) is 25.8 Å². The molecule has 5 nitrogen and oxygen atoms in total. The zero-order chi connectivity index (χ0) is 12.3. The predicted molar refractivity (Wildman–Crippen MR) is 65.8 cm³/mol. The number of aryl methyl sites for hydroxylation is 1. The molecule has 0 bridgehead atoms. The number of nitrogens with zero attached hydrogens (tertiary/aromatic N) is 2. The van der Waals surface area contributed by atoms with Crippen molar-refractivity contribution in [2.24, 2.45) is 7.05 Å². The van der Waals surface area contributed by atoms with E-state index in [-0.39, 0.29) is 5.91 Å². The Bertz CT molecular complexity index is 388. The van der Waals surface area contributed by atoms with Crippen molar-refractivity contribution in [3.05, 3.63) is 18.0 Å². The van der Waals surface area contributed by atoms with Crippen LogP contribution in [-0.4, -0.2) is 34.3 Å². The van der Waals surface area contributed by atoms with E-state index in [0.29, 0.717) is 24.3 Å². The number of carbonyl (C=O) groups excluding carboxylic acids is 1. The molecule has 2 N–H and O–H groups in total. The first kappa shape index (κ1) is 12.1. The van der Waals surface area contributed by atoms with Crippen LogP contribution in [0.1, 0.15) is 36.7 Å². The molecular weight excluding hydrogens is 216 g/mol. The molecule has 1 aromatic heterocycles. The number of amides is 1. The molecule has 0 aromatic carbocycles. The minimum atomic E-state index is -0.0509. The molecule has 17 heavy (non-hydrogen) atoms. The van der Waals surface area contributed by atoms with Gasteiger partial charge >= 0.3 is 0 Å². The van der Waals surface area contributed by atoms with Gasteiger partial charge in [0.2, 0.25) is 0 Å². The molecule has 1 amide bonds. The number of carbonyl (C=O) groups is 1. The van der Waals surface area contributed by atoms with Crippen LogP contribution in [0.25, 0.3) is 0 Å². The first-order valence-electron chi connectivity index (χ1n) is 6.19. The highest BCUT2D eigenvalue weighted by Gasteiger charge is 2.18. The highest BCUT2D eigenvalue weighted by atomic mass is 16.2. The van der Waals surface area contributed by atoms with Gasteiger partial charge in [-0.1, -0.05) is 6.42 Å². The van der Waals surface area contributed by atoms with Gasteiger partial charge in [-0.2, -0.15) is 5.10 Å². The van der Waals surface area contributed by atoms with E-state index >= 15 is 0 Å². The fraction of sp³-hybridized carbons (Fsp3) is 0.667. The predicted octanol–water partition coefficient (Wildman–Crippen LogP) is 0.680. The molecule has 94 valence electrons. The summed E-state index contributed by atoms with van der Waals surface area (Å²) >= 11 is 0. The topological polar surface area (TPSA) is 59.0 Å². The van der Waals surface area contributed by atoms with E-state index in [1.54, 1.807) is 24.0 Å². The van der Waals surface area contributed by atoms with E-state index in [1.165, 1.54) is 12.8 Å². The Balaban J connectivity index is 1.82. The van der Waals surface area contributed by atoms with E-state index < -0.39 is 0 Å². The van der Waals surface area contributed by atoms with Crippen molar-refractivity contribution < 1.29 is 4.79 Å². The quantitative estimate of drug-likeness (QED) is 0.811. The lowest BCUT2D eigenvalue weighted by Gasteiger charge is -2.28. The summed E-state index contributed by atoms with van der Waals surface area (Å²) in [6.45, 7) is 2.88. The third kappa shape index (κ3) is 3.06. The number of aromatic nitrogens is 2. The summed E-state index contributed by atoms with van der Waals surface area (Å²) in [7, 11) is 1.77. The lowest BCUT2D eigenvalue weighted by Crippen LogP contribution is -2.47. The summed E-state index contributed by atoms with van der Waals surface area (Å²) in [6.07, 6.45) is 5.23. The van der Waals surface area contributed by atoms with Crippen molar-refractivity contribution >= 4 is 5.91 Å². The van der Waals surface area contributed by atoms with Crippen molar-refractivity contribution in [2.45, 2.75) is 38.3 Å². The summed E-state index contributed by atoms with van der Waals surface area (Å²) in [6, 6.07) is 2.69. The maximum absolute atomic E-state index is 11.9. The van der Waals surface area contributed by atoms with Gasteiger partial charge in [-0.3, -0.25) is 9.48 Å². The SMILES string of the molecule is CC1CCCC(CNC(=O)c2ccnn2C)N1. The molecular formula is C12H20N4O. The minimum absolute atomic E-state index is 0.0509. The molecule has 2 rings (SSSR count). The van der Waals surface area contributed by atoms with E-state index in [2.05, 4.69) is 22.7 Å². The van der Waals surface area contributed by atoms with Crippen LogP contribution in [0.4, 0.5) is 0 Å². The highest BCUT2D eigenvalue weighted by Crippen LogP contribution is 2.11. The fourth-order valence-electron chi connectivity index (χ4n) is 2.30. The van der Waals surface area contributed by atoms with Crippen molar-refractivity contribution in [3.63, 3.8) is 0 Å². The molecule has 2 unspecified atom stereocenters. The van der Waals surface area contributed by atoms with Gasteiger partial charge in [-0.25, -0.2) is 0 Å². The van der Waals surface area contributed by atoms with Gasteiger partial charge in [0.15, 0.2) is 0 Å². The molecule has 0 radical (unpaired) electrons. The first-order valence-corrected chi connectivity index (χ1v) is 6.19. The van der Waals surface area contributed by atoms with Crippen molar-refractivity contribution in [3.8, 4) is 0 Å². The van der Waals surface area contributed by atoms with Crippen LogP contribution in [0.5, 0.6) is 0 Å². The smallest absolute Gasteiger partial charge is 0.269 e. The van der Waals surface area contributed by atoms with E-state index in [0.717, 1.165) is 6.42 Å². The number of rotatable bonds is 3. The molecule has 1 aliphatic heterocycles. The average Bonchev–Trinajstić information content (AvgIpc) is 2.72. The zero-order valence-electron chi connectivity index (χ0n) is 10.4. The molecule has 1 fully saturated rings. The van der Waals surface area contributed by atoms with Gasteiger partial charge in [0.1, 0.15) is 5.69 Å². The Labute approximate surface area is 102 Å².